The molecule has 7 nitrogen and oxygen atoms in total. The summed E-state index contributed by atoms with van der Waals surface area (Å²) in [4.78, 5) is 10.9. The van der Waals surface area contributed by atoms with E-state index in [0.717, 1.165) is 0 Å². The summed E-state index contributed by atoms with van der Waals surface area (Å²) in [7, 11) is -2.41. The summed E-state index contributed by atoms with van der Waals surface area (Å²) >= 11 is 0. The van der Waals surface area contributed by atoms with Crippen LogP contribution in [0.1, 0.15) is 28.8 Å². The van der Waals surface area contributed by atoms with E-state index in [1.54, 1.807) is 0 Å². The van der Waals surface area contributed by atoms with Crippen LogP contribution in [0.15, 0.2) is 9.31 Å². The van der Waals surface area contributed by atoms with Crippen molar-refractivity contribution in [3.63, 3.8) is 0 Å². The molecule has 0 aliphatic heterocycles. The maximum absolute atomic E-state index is 12.2. The van der Waals surface area contributed by atoms with Gasteiger partial charge in [0.15, 0.2) is 0 Å². The van der Waals surface area contributed by atoms with Crippen LogP contribution in [-0.2, 0) is 14.8 Å². The number of furan rings is 1. The van der Waals surface area contributed by atoms with Crippen molar-refractivity contribution in [2.24, 2.45) is 5.92 Å². The summed E-state index contributed by atoms with van der Waals surface area (Å²) < 4.78 is 36.9. The van der Waals surface area contributed by atoms with Gasteiger partial charge in [-0.1, -0.05) is 6.92 Å². The Morgan fingerprint density at radius 3 is 2.50 bits per heavy atom. The van der Waals surface area contributed by atoms with Gasteiger partial charge >= 0.3 is 5.97 Å². The number of carboxylic acids is 1. The van der Waals surface area contributed by atoms with E-state index >= 15 is 0 Å². The number of aryl methyl sites for hydroxylation is 2. The highest BCUT2D eigenvalue weighted by molar-refractivity contribution is 7.89. The second-order valence-corrected chi connectivity index (χ2v) is 6.34. The normalized spacial score (nSPS) is 13.4. The zero-order valence-electron chi connectivity index (χ0n) is 11.9. The maximum Gasteiger partial charge on any atom is 0.340 e. The van der Waals surface area contributed by atoms with Crippen LogP contribution in [0.2, 0.25) is 0 Å². The van der Waals surface area contributed by atoms with Crippen LogP contribution in [0.4, 0.5) is 0 Å². The summed E-state index contributed by atoms with van der Waals surface area (Å²) in [5.74, 6) is -1.23. The van der Waals surface area contributed by atoms with Crippen LogP contribution in [-0.4, -0.2) is 39.8 Å². The molecule has 1 aromatic rings. The zero-order valence-corrected chi connectivity index (χ0v) is 12.7. The number of carboxylic acid groups (broad SMARTS) is 1. The second-order valence-electron chi connectivity index (χ2n) is 4.64. The number of methoxy groups -OCH3 is 1. The molecule has 0 spiro atoms. The molecule has 0 radical (unpaired) electrons. The first-order valence-electron chi connectivity index (χ1n) is 6.02. The van der Waals surface area contributed by atoms with Crippen molar-refractivity contribution in [1.29, 1.82) is 0 Å². The molecule has 1 aromatic heterocycles. The summed E-state index contributed by atoms with van der Waals surface area (Å²) in [5.41, 5.74) is -0.325. The first-order valence-corrected chi connectivity index (χ1v) is 7.51. The fraction of sp³-hybridized carbons (Fsp3) is 0.583. The minimum absolute atomic E-state index is 0.0312. The average molecular weight is 305 g/mol. The fourth-order valence-electron chi connectivity index (χ4n) is 1.90. The molecule has 0 aromatic carbocycles. The number of ether oxygens (including phenoxy) is 1. The van der Waals surface area contributed by atoms with Gasteiger partial charge in [0, 0.05) is 20.3 Å². The van der Waals surface area contributed by atoms with Crippen LogP contribution in [0.3, 0.4) is 0 Å². The smallest absolute Gasteiger partial charge is 0.340 e. The summed E-state index contributed by atoms with van der Waals surface area (Å²) in [6.45, 7) is 5.21. The van der Waals surface area contributed by atoms with Crippen molar-refractivity contribution in [3.8, 4) is 0 Å². The number of hydrogen-bond donors (Lipinski definition) is 2. The SMILES string of the molecule is COCC(C)CNS(=O)(=O)c1c(C)oc(C)c1C(=O)O. The lowest BCUT2D eigenvalue weighted by atomic mass is 10.2. The first kappa shape index (κ1) is 16.7. The molecule has 20 heavy (non-hydrogen) atoms. The molecule has 0 saturated heterocycles. The molecular weight excluding hydrogens is 286 g/mol. The van der Waals surface area contributed by atoms with Gasteiger partial charge in [-0.3, -0.25) is 0 Å². The minimum Gasteiger partial charge on any atom is -0.478 e. The maximum atomic E-state index is 12.2. The lowest BCUT2D eigenvalue weighted by molar-refractivity contribution is 0.0691. The van der Waals surface area contributed by atoms with E-state index < -0.39 is 16.0 Å². The number of aromatic carboxylic acids is 1. The Morgan fingerprint density at radius 2 is 2.00 bits per heavy atom. The van der Waals surface area contributed by atoms with E-state index in [0.29, 0.717) is 6.61 Å². The van der Waals surface area contributed by atoms with E-state index in [2.05, 4.69) is 4.72 Å². The Kier molecular flexibility index (Phi) is 5.32. The van der Waals surface area contributed by atoms with Crippen molar-refractivity contribution in [2.45, 2.75) is 25.7 Å². The summed E-state index contributed by atoms with van der Waals surface area (Å²) in [6, 6.07) is 0. The Balaban J connectivity index is 3.07. The number of rotatable bonds is 7. The molecule has 1 heterocycles. The monoisotopic (exact) mass is 305 g/mol. The van der Waals surface area contributed by atoms with Gasteiger partial charge in [-0.05, 0) is 19.8 Å². The number of carbonyl (C=O) groups is 1. The third-order valence-corrected chi connectivity index (χ3v) is 4.34. The number of sulfonamides is 1. The Hall–Kier alpha value is -1.38. The Bertz CT molecular complexity index is 589. The van der Waals surface area contributed by atoms with E-state index in [1.165, 1.54) is 21.0 Å². The Labute approximate surface area is 118 Å². The molecule has 1 atom stereocenters. The molecule has 1 rings (SSSR count). The molecular formula is C12H19NO6S. The van der Waals surface area contributed by atoms with E-state index in [9.17, 15) is 13.2 Å². The van der Waals surface area contributed by atoms with Crippen LogP contribution in [0, 0.1) is 19.8 Å². The lowest BCUT2D eigenvalue weighted by Crippen LogP contribution is -2.31. The second kappa shape index (κ2) is 6.38. The molecule has 0 bridgehead atoms. The van der Waals surface area contributed by atoms with Gasteiger partial charge in [0.05, 0.1) is 0 Å². The summed E-state index contributed by atoms with van der Waals surface area (Å²) in [5, 5.41) is 9.11. The molecule has 114 valence electrons. The molecule has 0 aliphatic rings. The molecule has 0 fully saturated rings. The van der Waals surface area contributed by atoms with Gasteiger partial charge < -0.3 is 14.3 Å². The third-order valence-electron chi connectivity index (χ3n) is 2.76. The largest absolute Gasteiger partial charge is 0.478 e. The van der Waals surface area contributed by atoms with E-state index in [4.69, 9.17) is 14.3 Å². The molecule has 8 heteroatoms. The quantitative estimate of drug-likeness (QED) is 0.783. The van der Waals surface area contributed by atoms with Crippen molar-refractivity contribution in [3.05, 3.63) is 17.1 Å². The highest BCUT2D eigenvalue weighted by Crippen LogP contribution is 2.26. The van der Waals surface area contributed by atoms with Gasteiger partial charge in [-0.2, -0.15) is 0 Å². The van der Waals surface area contributed by atoms with Crippen molar-refractivity contribution >= 4 is 16.0 Å². The lowest BCUT2D eigenvalue weighted by Gasteiger charge is -2.12. The fourth-order valence-corrected chi connectivity index (χ4v) is 3.47. The highest BCUT2D eigenvalue weighted by Gasteiger charge is 2.30. The minimum atomic E-state index is -3.94. The predicted octanol–water partition coefficient (Wildman–Crippen LogP) is 1.16. The van der Waals surface area contributed by atoms with Crippen molar-refractivity contribution < 1.29 is 27.5 Å². The van der Waals surface area contributed by atoms with E-state index in [-0.39, 0.29) is 34.4 Å². The van der Waals surface area contributed by atoms with Gasteiger partial charge in [0.1, 0.15) is 22.0 Å². The van der Waals surface area contributed by atoms with Gasteiger partial charge in [-0.15, -0.1) is 0 Å². The average Bonchev–Trinajstić information content (AvgIpc) is 2.63. The first-order chi connectivity index (χ1) is 9.20. The molecule has 0 amide bonds. The van der Waals surface area contributed by atoms with Crippen LogP contribution >= 0.6 is 0 Å². The summed E-state index contributed by atoms with van der Waals surface area (Å²) in [6.07, 6.45) is 0. The highest BCUT2D eigenvalue weighted by atomic mass is 32.2. The molecule has 1 unspecified atom stereocenters. The van der Waals surface area contributed by atoms with Gasteiger partial charge in [0.2, 0.25) is 10.0 Å². The molecule has 2 N–H and O–H groups in total. The standard InChI is InChI=1S/C12H19NO6S/c1-7(6-18-4)5-13-20(16,17)11-9(3)19-8(2)10(11)12(14)15/h7,13H,5-6H2,1-4H3,(H,14,15). The molecule has 0 aliphatic carbocycles. The number of hydrogen-bond acceptors (Lipinski definition) is 5. The number of nitrogens with one attached hydrogen (secondary N) is 1. The molecule has 0 saturated carbocycles. The van der Waals surface area contributed by atoms with E-state index in [1.807, 2.05) is 6.92 Å². The van der Waals surface area contributed by atoms with Crippen LogP contribution in [0.5, 0.6) is 0 Å². The van der Waals surface area contributed by atoms with Crippen LogP contribution < -0.4 is 4.72 Å². The topological polar surface area (TPSA) is 106 Å². The predicted molar refractivity (Wildman–Crippen MR) is 71.4 cm³/mol. The van der Waals surface area contributed by atoms with Crippen LogP contribution in [0.25, 0.3) is 0 Å². The Morgan fingerprint density at radius 1 is 1.40 bits per heavy atom. The van der Waals surface area contributed by atoms with Gasteiger partial charge in [-0.25, -0.2) is 17.9 Å². The van der Waals surface area contributed by atoms with Crippen molar-refractivity contribution in [2.75, 3.05) is 20.3 Å². The third kappa shape index (κ3) is 3.59. The van der Waals surface area contributed by atoms with Crippen molar-refractivity contribution in [1.82, 2.24) is 4.72 Å². The zero-order chi connectivity index (χ0) is 15.5. The van der Waals surface area contributed by atoms with Gasteiger partial charge in [0.25, 0.3) is 0 Å².